The SMILES string of the molecule is CCOc1cc(/C=C2/SC(=NC)N(C)C2=O)cc(Cl)c1OC. The number of methoxy groups -OCH3 is 1. The van der Waals surface area contributed by atoms with Crippen molar-refractivity contribution in [3.63, 3.8) is 0 Å². The zero-order valence-electron chi connectivity index (χ0n) is 12.8. The van der Waals surface area contributed by atoms with E-state index in [1.165, 1.54) is 23.8 Å². The fourth-order valence-corrected chi connectivity index (χ4v) is 3.26. The van der Waals surface area contributed by atoms with E-state index >= 15 is 0 Å². The number of carbonyl (C=O) groups excluding carboxylic acids is 1. The van der Waals surface area contributed by atoms with Crippen molar-refractivity contribution in [2.45, 2.75) is 6.92 Å². The molecule has 1 fully saturated rings. The van der Waals surface area contributed by atoms with Crippen LogP contribution in [0.15, 0.2) is 22.0 Å². The van der Waals surface area contributed by atoms with Gasteiger partial charge in [-0.15, -0.1) is 0 Å². The molecule has 118 valence electrons. The average molecular weight is 341 g/mol. The maximum atomic E-state index is 12.2. The predicted molar refractivity (Wildman–Crippen MR) is 90.9 cm³/mol. The summed E-state index contributed by atoms with van der Waals surface area (Å²) in [6.07, 6.45) is 1.77. The molecule has 0 saturated carbocycles. The van der Waals surface area contributed by atoms with Gasteiger partial charge in [-0.25, -0.2) is 0 Å². The van der Waals surface area contributed by atoms with Gasteiger partial charge in [0.15, 0.2) is 16.7 Å². The van der Waals surface area contributed by atoms with Crippen LogP contribution < -0.4 is 9.47 Å². The predicted octanol–water partition coefficient (Wildman–Crippen LogP) is 3.28. The third kappa shape index (κ3) is 3.23. The average Bonchev–Trinajstić information content (AvgIpc) is 2.75. The molecule has 22 heavy (non-hydrogen) atoms. The van der Waals surface area contributed by atoms with Crippen LogP contribution in [0.25, 0.3) is 6.08 Å². The number of amides is 1. The van der Waals surface area contributed by atoms with Crippen LogP contribution in [0.4, 0.5) is 0 Å². The molecule has 0 radical (unpaired) electrons. The summed E-state index contributed by atoms with van der Waals surface area (Å²) in [5.74, 6) is 0.956. The maximum absolute atomic E-state index is 12.2. The van der Waals surface area contributed by atoms with Crippen molar-refractivity contribution in [3.8, 4) is 11.5 Å². The van der Waals surface area contributed by atoms with Crippen LogP contribution in [0, 0.1) is 0 Å². The zero-order valence-corrected chi connectivity index (χ0v) is 14.4. The van der Waals surface area contributed by atoms with Gasteiger partial charge in [-0.1, -0.05) is 11.6 Å². The molecular formula is C15H17ClN2O3S. The van der Waals surface area contributed by atoms with Crippen molar-refractivity contribution in [3.05, 3.63) is 27.6 Å². The number of hydrogen-bond donors (Lipinski definition) is 0. The van der Waals surface area contributed by atoms with Crippen LogP contribution in [-0.4, -0.2) is 43.8 Å². The molecule has 0 aromatic heterocycles. The van der Waals surface area contributed by atoms with Gasteiger partial charge in [-0.05, 0) is 42.5 Å². The van der Waals surface area contributed by atoms with Crippen molar-refractivity contribution in [2.75, 3.05) is 27.8 Å². The second kappa shape index (κ2) is 7.07. The van der Waals surface area contributed by atoms with Crippen molar-refractivity contribution >= 4 is 40.5 Å². The highest BCUT2D eigenvalue weighted by Gasteiger charge is 2.29. The Balaban J connectivity index is 2.42. The number of thioether (sulfide) groups is 1. The zero-order chi connectivity index (χ0) is 16.3. The van der Waals surface area contributed by atoms with Gasteiger partial charge in [-0.2, -0.15) is 0 Å². The standard InChI is InChI=1S/C15H17ClN2O3S/c1-5-21-11-7-9(6-10(16)13(11)20-4)8-12-14(19)18(3)15(17-2)22-12/h6-8H,5H2,1-4H3/b12-8+,17-15?. The van der Waals surface area contributed by atoms with Crippen LogP contribution in [0.1, 0.15) is 12.5 Å². The lowest BCUT2D eigenvalue weighted by Crippen LogP contribution is -2.23. The van der Waals surface area contributed by atoms with Crippen molar-refractivity contribution in [2.24, 2.45) is 4.99 Å². The number of benzene rings is 1. The minimum atomic E-state index is -0.0875. The fraction of sp³-hybridized carbons (Fsp3) is 0.333. The highest BCUT2D eigenvalue weighted by atomic mass is 35.5. The minimum Gasteiger partial charge on any atom is -0.491 e. The lowest BCUT2D eigenvalue weighted by Gasteiger charge is -2.12. The summed E-state index contributed by atoms with van der Waals surface area (Å²) in [5, 5.41) is 1.11. The Hall–Kier alpha value is -1.66. The summed E-state index contributed by atoms with van der Waals surface area (Å²) in [6.45, 7) is 2.38. The quantitative estimate of drug-likeness (QED) is 0.789. The van der Waals surface area contributed by atoms with Crippen LogP contribution in [0.5, 0.6) is 11.5 Å². The van der Waals surface area contributed by atoms with Gasteiger partial charge in [0.2, 0.25) is 0 Å². The van der Waals surface area contributed by atoms with E-state index in [1.807, 2.05) is 6.92 Å². The number of rotatable bonds is 4. The first-order valence-electron chi connectivity index (χ1n) is 6.66. The molecule has 0 bridgehead atoms. The van der Waals surface area contributed by atoms with Gasteiger partial charge in [0.25, 0.3) is 5.91 Å². The van der Waals surface area contributed by atoms with Crippen molar-refractivity contribution in [1.29, 1.82) is 0 Å². The molecule has 1 heterocycles. The summed E-state index contributed by atoms with van der Waals surface area (Å²) in [6, 6.07) is 3.54. The molecule has 1 amide bonds. The Labute approximate surface area is 138 Å². The van der Waals surface area contributed by atoms with Crippen LogP contribution in [0.2, 0.25) is 5.02 Å². The number of halogens is 1. The Morgan fingerprint density at radius 2 is 2.18 bits per heavy atom. The highest BCUT2D eigenvalue weighted by molar-refractivity contribution is 8.18. The fourth-order valence-electron chi connectivity index (χ4n) is 2.03. The van der Waals surface area contributed by atoms with E-state index in [1.54, 1.807) is 32.3 Å². The van der Waals surface area contributed by atoms with Crippen LogP contribution in [-0.2, 0) is 4.79 Å². The Bertz CT molecular complexity index is 658. The number of amidine groups is 1. The van der Waals surface area contributed by atoms with E-state index in [0.29, 0.717) is 33.2 Å². The number of aliphatic imine (C=N–C) groups is 1. The summed E-state index contributed by atoms with van der Waals surface area (Å²) in [4.78, 5) is 18.3. The van der Waals surface area contributed by atoms with Gasteiger partial charge in [0, 0.05) is 14.1 Å². The van der Waals surface area contributed by atoms with E-state index in [4.69, 9.17) is 21.1 Å². The first-order chi connectivity index (χ1) is 10.5. The maximum Gasteiger partial charge on any atom is 0.266 e. The number of nitrogens with zero attached hydrogens (tertiary/aromatic N) is 2. The smallest absolute Gasteiger partial charge is 0.266 e. The van der Waals surface area contributed by atoms with E-state index in [9.17, 15) is 4.79 Å². The van der Waals surface area contributed by atoms with Gasteiger partial charge in [0.05, 0.1) is 23.6 Å². The van der Waals surface area contributed by atoms with E-state index in [0.717, 1.165) is 5.56 Å². The molecule has 7 heteroatoms. The Kier molecular flexibility index (Phi) is 5.37. The molecule has 2 rings (SSSR count). The number of likely N-dealkylation sites (N-methyl/N-ethyl adjacent to an activating group) is 1. The van der Waals surface area contributed by atoms with E-state index in [2.05, 4.69) is 4.99 Å². The Morgan fingerprint density at radius 1 is 1.45 bits per heavy atom. The molecule has 0 N–H and O–H groups in total. The highest BCUT2D eigenvalue weighted by Crippen LogP contribution is 2.38. The second-order valence-corrected chi connectivity index (χ2v) is 5.86. The summed E-state index contributed by atoms with van der Waals surface area (Å²) >= 11 is 7.55. The van der Waals surface area contributed by atoms with Gasteiger partial charge >= 0.3 is 0 Å². The van der Waals surface area contributed by atoms with Gasteiger partial charge < -0.3 is 9.47 Å². The molecule has 0 atom stereocenters. The van der Waals surface area contributed by atoms with Crippen LogP contribution >= 0.6 is 23.4 Å². The molecule has 0 unspecified atom stereocenters. The van der Waals surface area contributed by atoms with E-state index in [-0.39, 0.29) is 5.91 Å². The van der Waals surface area contributed by atoms with Gasteiger partial charge in [-0.3, -0.25) is 14.7 Å². The largest absolute Gasteiger partial charge is 0.491 e. The first kappa shape index (κ1) is 16.7. The number of ether oxygens (including phenoxy) is 2. The van der Waals surface area contributed by atoms with Gasteiger partial charge in [0.1, 0.15) is 0 Å². The molecule has 5 nitrogen and oxygen atoms in total. The summed E-state index contributed by atoms with van der Waals surface area (Å²) in [5.41, 5.74) is 0.774. The topological polar surface area (TPSA) is 51.1 Å². The van der Waals surface area contributed by atoms with Crippen molar-refractivity contribution in [1.82, 2.24) is 4.90 Å². The molecule has 1 saturated heterocycles. The van der Waals surface area contributed by atoms with Crippen LogP contribution in [0.3, 0.4) is 0 Å². The number of hydrogen-bond acceptors (Lipinski definition) is 5. The summed E-state index contributed by atoms with van der Waals surface area (Å²) < 4.78 is 10.8. The summed E-state index contributed by atoms with van der Waals surface area (Å²) in [7, 11) is 4.90. The normalized spacial score (nSPS) is 18.4. The van der Waals surface area contributed by atoms with E-state index < -0.39 is 0 Å². The lowest BCUT2D eigenvalue weighted by molar-refractivity contribution is -0.121. The third-order valence-corrected chi connectivity index (χ3v) is 4.46. The molecule has 0 spiro atoms. The molecule has 1 aliphatic heterocycles. The third-order valence-electron chi connectivity index (χ3n) is 3.03. The second-order valence-electron chi connectivity index (χ2n) is 4.45. The lowest BCUT2D eigenvalue weighted by atomic mass is 10.2. The number of carbonyl (C=O) groups is 1. The molecule has 0 aliphatic carbocycles. The minimum absolute atomic E-state index is 0.0875. The molecular weight excluding hydrogens is 324 g/mol. The molecule has 1 aromatic carbocycles. The molecule has 1 aliphatic rings. The Morgan fingerprint density at radius 3 is 2.73 bits per heavy atom. The van der Waals surface area contributed by atoms with Crippen molar-refractivity contribution < 1.29 is 14.3 Å². The monoisotopic (exact) mass is 340 g/mol. The molecule has 1 aromatic rings. The first-order valence-corrected chi connectivity index (χ1v) is 7.86.